The van der Waals surface area contributed by atoms with Gasteiger partial charge in [-0.05, 0) is 44.4 Å². The SMILES string of the molecule is Cc1c(N)nc(C2CC2)nc1OCC1CC=CCC1C. The van der Waals surface area contributed by atoms with Crippen LogP contribution >= 0.6 is 0 Å². The lowest BCUT2D eigenvalue weighted by molar-refractivity contribution is 0.191. The Morgan fingerprint density at radius 2 is 2.00 bits per heavy atom. The first-order valence-electron chi connectivity index (χ1n) is 7.57. The van der Waals surface area contributed by atoms with E-state index in [2.05, 4.69) is 29.0 Å². The maximum absolute atomic E-state index is 5.98. The van der Waals surface area contributed by atoms with Crippen molar-refractivity contribution in [3.8, 4) is 5.88 Å². The van der Waals surface area contributed by atoms with Crippen molar-refractivity contribution in [2.24, 2.45) is 11.8 Å². The van der Waals surface area contributed by atoms with Crippen LogP contribution in [-0.2, 0) is 0 Å². The van der Waals surface area contributed by atoms with Crippen LogP contribution in [0.1, 0.15) is 49.9 Å². The van der Waals surface area contributed by atoms with E-state index in [0.717, 1.165) is 24.2 Å². The van der Waals surface area contributed by atoms with E-state index in [1.165, 1.54) is 12.8 Å². The molecule has 2 N–H and O–H groups in total. The summed E-state index contributed by atoms with van der Waals surface area (Å²) in [4.78, 5) is 8.95. The fourth-order valence-electron chi connectivity index (χ4n) is 2.62. The molecule has 0 spiro atoms. The Hall–Kier alpha value is -1.58. The van der Waals surface area contributed by atoms with Gasteiger partial charge in [0.05, 0.1) is 12.2 Å². The predicted octanol–water partition coefficient (Wildman–Crippen LogP) is 3.23. The zero-order valence-corrected chi connectivity index (χ0v) is 12.3. The van der Waals surface area contributed by atoms with Crippen molar-refractivity contribution in [2.45, 2.75) is 45.4 Å². The second kappa shape index (κ2) is 5.43. The summed E-state index contributed by atoms with van der Waals surface area (Å²) in [6.07, 6.45) is 9.10. The third-order valence-corrected chi connectivity index (χ3v) is 4.45. The standard InChI is InChI=1S/C16H23N3O/c1-10-5-3-4-6-13(10)9-20-16-11(2)14(17)18-15(19-16)12-7-8-12/h3-4,10,12-13H,5-9H2,1-2H3,(H2,17,18,19). The maximum Gasteiger partial charge on any atom is 0.221 e. The summed E-state index contributed by atoms with van der Waals surface area (Å²) in [5.74, 6) is 3.84. The molecule has 0 aromatic carbocycles. The third-order valence-electron chi connectivity index (χ3n) is 4.45. The number of nitrogen functional groups attached to an aromatic ring is 1. The van der Waals surface area contributed by atoms with Gasteiger partial charge in [0.1, 0.15) is 11.6 Å². The minimum atomic E-state index is 0.497. The number of ether oxygens (including phenoxy) is 1. The smallest absolute Gasteiger partial charge is 0.221 e. The van der Waals surface area contributed by atoms with Gasteiger partial charge in [0.2, 0.25) is 5.88 Å². The van der Waals surface area contributed by atoms with Crippen molar-refractivity contribution >= 4 is 5.82 Å². The molecule has 0 saturated heterocycles. The molecule has 20 heavy (non-hydrogen) atoms. The number of aromatic nitrogens is 2. The minimum absolute atomic E-state index is 0.497. The average Bonchev–Trinajstić information content (AvgIpc) is 3.26. The zero-order chi connectivity index (χ0) is 14.1. The van der Waals surface area contributed by atoms with Crippen LogP contribution in [0.15, 0.2) is 12.2 Å². The van der Waals surface area contributed by atoms with Crippen molar-refractivity contribution in [2.75, 3.05) is 12.3 Å². The number of nitrogens with zero attached hydrogens (tertiary/aromatic N) is 2. The number of hydrogen-bond acceptors (Lipinski definition) is 4. The average molecular weight is 273 g/mol. The van der Waals surface area contributed by atoms with Gasteiger partial charge in [-0.3, -0.25) is 0 Å². The van der Waals surface area contributed by atoms with Crippen molar-refractivity contribution in [1.29, 1.82) is 0 Å². The highest BCUT2D eigenvalue weighted by molar-refractivity contribution is 5.45. The van der Waals surface area contributed by atoms with E-state index in [1.54, 1.807) is 0 Å². The topological polar surface area (TPSA) is 61.0 Å². The van der Waals surface area contributed by atoms with E-state index < -0.39 is 0 Å². The zero-order valence-electron chi connectivity index (χ0n) is 12.3. The molecule has 1 aromatic rings. The molecule has 2 unspecified atom stereocenters. The van der Waals surface area contributed by atoms with Crippen LogP contribution in [-0.4, -0.2) is 16.6 Å². The van der Waals surface area contributed by atoms with Crippen molar-refractivity contribution < 1.29 is 4.74 Å². The number of rotatable bonds is 4. The van der Waals surface area contributed by atoms with Crippen LogP contribution < -0.4 is 10.5 Å². The summed E-state index contributed by atoms with van der Waals surface area (Å²) in [5.41, 5.74) is 6.85. The monoisotopic (exact) mass is 273 g/mol. The summed E-state index contributed by atoms with van der Waals surface area (Å²) >= 11 is 0. The van der Waals surface area contributed by atoms with Crippen LogP contribution in [0.2, 0.25) is 0 Å². The molecule has 1 aromatic heterocycles. The van der Waals surface area contributed by atoms with Gasteiger partial charge < -0.3 is 10.5 Å². The molecule has 4 heteroatoms. The molecule has 2 aliphatic rings. The first kappa shape index (κ1) is 13.4. The molecule has 0 aliphatic heterocycles. The fraction of sp³-hybridized carbons (Fsp3) is 0.625. The number of anilines is 1. The first-order chi connectivity index (χ1) is 9.65. The Morgan fingerprint density at radius 1 is 1.25 bits per heavy atom. The molecule has 0 bridgehead atoms. The summed E-state index contributed by atoms with van der Waals surface area (Å²) in [7, 11) is 0. The lowest BCUT2D eigenvalue weighted by Gasteiger charge is -2.25. The molecule has 4 nitrogen and oxygen atoms in total. The second-order valence-corrected chi connectivity index (χ2v) is 6.16. The van der Waals surface area contributed by atoms with Gasteiger partial charge in [-0.15, -0.1) is 0 Å². The predicted molar refractivity (Wildman–Crippen MR) is 79.7 cm³/mol. The molecule has 1 heterocycles. The number of allylic oxidation sites excluding steroid dienone is 2. The normalized spacial score (nSPS) is 25.7. The summed E-state index contributed by atoms with van der Waals surface area (Å²) < 4.78 is 5.98. The lowest BCUT2D eigenvalue weighted by atomic mass is 9.85. The second-order valence-electron chi connectivity index (χ2n) is 6.16. The van der Waals surface area contributed by atoms with Gasteiger partial charge in [0.15, 0.2) is 0 Å². The quantitative estimate of drug-likeness (QED) is 0.856. The molecular formula is C16H23N3O. The Balaban J connectivity index is 1.71. The Labute approximate surface area is 120 Å². The van der Waals surface area contributed by atoms with E-state index >= 15 is 0 Å². The van der Waals surface area contributed by atoms with Gasteiger partial charge in [-0.25, -0.2) is 4.98 Å². The molecule has 2 atom stereocenters. The van der Waals surface area contributed by atoms with Gasteiger partial charge >= 0.3 is 0 Å². The molecule has 1 fully saturated rings. The molecular weight excluding hydrogens is 250 g/mol. The van der Waals surface area contributed by atoms with E-state index in [1.807, 2.05) is 6.92 Å². The first-order valence-corrected chi connectivity index (χ1v) is 7.57. The number of nitrogens with two attached hydrogens (primary N) is 1. The highest BCUT2D eigenvalue weighted by atomic mass is 16.5. The molecule has 3 rings (SSSR count). The van der Waals surface area contributed by atoms with Crippen LogP contribution in [0.4, 0.5) is 5.82 Å². The summed E-state index contributed by atoms with van der Waals surface area (Å²) in [6, 6.07) is 0. The maximum atomic E-state index is 5.98. The van der Waals surface area contributed by atoms with Crippen molar-refractivity contribution in [1.82, 2.24) is 9.97 Å². The van der Waals surface area contributed by atoms with E-state index in [0.29, 0.717) is 36.1 Å². The van der Waals surface area contributed by atoms with E-state index in [9.17, 15) is 0 Å². The molecule has 108 valence electrons. The fourth-order valence-corrected chi connectivity index (χ4v) is 2.62. The Morgan fingerprint density at radius 3 is 2.70 bits per heavy atom. The Kier molecular flexibility index (Phi) is 3.64. The van der Waals surface area contributed by atoms with Crippen LogP contribution in [0, 0.1) is 18.8 Å². The largest absolute Gasteiger partial charge is 0.477 e. The summed E-state index contributed by atoms with van der Waals surface area (Å²) in [6.45, 7) is 4.94. The van der Waals surface area contributed by atoms with Crippen LogP contribution in [0.5, 0.6) is 5.88 Å². The molecule has 0 amide bonds. The van der Waals surface area contributed by atoms with E-state index in [4.69, 9.17) is 10.5 Å². The van der Waals surface area contributed by atoms with Gasteiger partial charge in [-0.1, -0.05) is 19.1 Å². The van der Waals surface area contributed by atoms with Crippen molar-refractivity contribution in [3.05, 3.63) is 23.5 Å². The van der Waals surface area contributed by atoms with Gasteiger partial charge in [0.25, 0.3) is 0 Å². The molecule has 0 radical (unpaired) electrons. The summed E-state index contributed by atoms with van der Waals surface area (Å²) in [5, 5.41) is 0. The van der Waals surface area contributed by atoms with Crippen LogP contribution in [0.3, 0.4) is 0 Å². The highest BCUT2D eigenvalue weighted by Crippen LogP contribution is 2.39. The molecule has 1 saturated carbocycles. The minimum Gasteiger partial charge on any atom is -0.477 e. The number of hydrogen-bond donors (Lipinski definition) is 1. The lowest BCUT2D eigenvalue weighted by Crippen LogP contribution is -2.22. The van der Waals surface area contributed by atoms with Crippen LogP contribution in [0.25, 0.3) is 0 Å². The van der Waals surface area contributed by atoms with E-state index in [-0.39, 0.29) is 0 Å². The van der Waals surface area contributed by atoms with Crippen molar-refractivity contribution in [3.63, 3.8) is 0 Å². The molecule has 2 aliphatic carbocycles. The van der Waals surface area contributed by atoms with Gasteiger partial charge in [0, 0.05) is 5.92 Å². The Bertz CT molecular complexity index is 523. The van der Waals surface area contributed by atoms with Gasteiger partial charge in [-0.2, -0.15) is 4.98 Å². The highest BCUT2D eigenvalue weighted by Gasteiger charge is 2.28. The third kappa shape index (κ3) is 2.79.